The molecule has 1 aliphatic carbocycles. The fourth-order valence-electron chi connectivity index (χ4n) is 1.39. The van der Waals surface area contributed by atoms with Crippen LogP contribution in [0.2, 0.25) is 0 Å². The molecule has 0 aromatic heterocycles. The fraction of sp³-hybridized carbons (Fsp3) is 1.00. The van der Waals surface area contributed by atoms with Crippen molar-refractivity contribution >= 4 is 10.4 Å². The molecule has 13 heavy (non-hydrogen) atoms. The van der Waals surface area contributed by atoms with Crippen molar-refractivity contribution < 1.29 is 17.5 Å². The Balaban J connectivity index is 0.000000252. The minimum absolute atomic E-state index is 0.837. The van der Waals surface area contributed by atoms with Crippen molar-refractivity contribution in [1.82, 2.24) is 5.32 Å². The van der Waals surface area contributed by atoms with Crippen LogP contribution in [0.1, 0.15) is 32.1 Å². The molecule has 6 heteroatoms. The van der Waals surface area contributed by atoms with Crippen molar-refractivity contribution in [3.63, 3.8) is 0 Å². The Hall–Kier alpha value is -0.170. The van der Waals surface area contributed by atoms with E-state index in [1.807, 2.05) is 0 Å². The van der Waals surface area contributed by atoms with E-state index in [4.69, 9.17) is 17.5 Å². The van der Waals surface area contributed by atoms with E-state index in [-0.39, 0.29) is 0 Å². The lowest BCUT2D eigenvalue weighted by Gasteiger charge is -2.20. The third-order valence-corrected chi connectivity index (χ3v) is 2.01. The summed E-state index contributed by atoms with van der Waals surface area (Å²) >= 11 is 0. The molecular formula is C7H17NO4S. The molecule has 1 rings (SSSR count). The van der Waals surface area contributed by atoms with E-state index in [1.165, 1.54) is 32.1 Å². The summed E-state index contributed by atoms with van der Waals surface area (Å²) in [4.78, 5) is 0. The van der Waals surface area contributed by atoms with E-state index < -0.39 is 10.4 Å². The van der Waals surface area contributed by atoms with Gasteiger partial charge in [-0.15, -0.1) is 0 Å². The Morgan fingerprint density at radius 2 is 1.54 bits per heavy atom. The summed E-state index contributed by atoms with van der Waals surface area (Å²) in [6.07, 6.45) is 7.13. The van der Waals surface area contributed by atoms with Crippen LogP contribution in [0.15, 0.2) is 0 Å². The van der Waals surface area contributed by atoms with Gasteiger partial charge in [-0.05, 0) is 19.9 Å². The molecule has 5 nitrogen and oxygen atoms in total. The van der Waals surface area contributed by atoms with E-state index in [2.05, 4.69) is 12.4 Å². The smallest absolute Gasteiger partial charge is 0.317 e. The molecule has 80 valence electrons. The normalized spacial score (nSPS) is 19.0. The maximum absolute atomic E-state index is 8.74. The van der Waals surface area contributed by atoms with Gasteiger partial charge in [0.1, 0.15) is 0 Å². The highest BCUT2D eigenvalue weighted by Crippen LogP contribution is 2.16. The average molecular weight is 211 g/mol. The van der Waals surface area contributed by atoms with E-state index in [0.717, 1.165) is 6.04 Å². The molecule has 1 aliphatic rings. The zero-order valence-corrected chi connectivity index (χ0v) is 8.55. The molecule has 0 aliphatic heterocycles. The number of rotatable bonds is 1. The minimum Gasteiger partial charge on any atom is -0.317 e. The van der Waals surface area contributed by atoms with E-state index in [1.54, 1.807) is 0 Å². The van der Waals surface area contributed by atoms with Gasteiger partial charge in [-0.2, -0.15) is 8.42 Å². The van der Waals surface area contributed by atoms with Crippen molar-refractivity contribution in [1.29, 1.82) is 0 Å². The van der Waals surface area contributed by atoms with Crippen LogP contribution in [0.25, 0.3) is 0 Å². The van der Waals surface area contributed by atoms with Crippen molar-refractivity contribution in [3.8, 4) is 0 Å². The largest absolute Gasteiger partial charge is 0.394 e. The zero-order chi connectivity index (χ0) is 10.3. The van der Waals surface area contributed by atoms with Gasteiger partial charge < -0.3 is 5.32 Å². The summed E-state index contributed by atoms with van der Waals surface area (Å²) in [5.74, 6) is 0. The van der Waals surface area contributed by atoms with Crippen molar-refractivity contribution in [2.45, 2.75) is 38.1 Å². The second kappa shape index (κ2) is 6.31. The van der Waals surface area contributed by atoms with Gasteiger partial charge >= 0.3 is 10.4 Å². The quantitative estimate of drug-likeness (QED) is 0.561. The minimum atomic E-state index is -4.67. The lowest BCUT2D eigenvalue weighted by molar-refractivity contribution is 0.381. The summed E-state index contributed by atoms with van der Waals surface area (Å²) in [5, 5.41) is 3.30. The lowest BCUT2D eigenvalue weighted by atomic mass is 9.96. The lowest BCUT2D eigenvalue weighted by Crippen LogP contribution is -2.26. The maximum Gasteiger partial charge on any atom is 0.394 e. The molecule has 0 aromatic carbocycles. The first-order valence-corrected chi connectivity index (χ1v) is 5.70. The Labute approximate surface area is 79.1 Å². The molecule has 0 radical (unpaired) electrons. The Morgan fingerprint density at radius 3 is 1.77 bits per heavy atom. The number of hydrogen-bond donors (Lipinski definition) is 3. The predicted molar refractivity (Wildman–Crippen MR) is 50.1 cm³/mol. The van der Waals surface area contributed by atoms with Gasteiger partial charge in [0.15, 0.2) is 0 Å². The highest BCUT2D eigenvalue weighted by molar-refractivity contribution is 7.79. The van der Waals surface area contributed by atoms with Gasteiger partial charge in [0.2, 0.25) is 0 Å². The fourth-order valence-corrected chi connectivity index (χ4v) is 1.39. The molecule has 0 saturated heterocycles. The van der Waals surface area contributed by atoms with Gasteiger partial charge in [-0.25, -0.2) is 0 Å². The first-order valence-electron chi connectivity index (χ1n) is 4.30. The Kier molecular flexibility index (Phi) is 6.23. The highest BCUT2D eigenvalue weighted by atomic mass is 32.3. The van der Waals surface area contributed by atoms with Crippen LogP contribution in [0, 0.1) is 0 Å². The van der Waals surface area contributed by atoms with Gasteiger partial charge in [-0.3, -0.25) is 9.11 Å². The number of nitrogens with one attached hydrogen (secondary N) is 1. The van der Waals surface area contributed by atoms with Crippen LogP contribution in [0.5, 0.6) is 0 Å². The standard InChI is InChI=1S/C7H15N.H2O4S/c1-8-7-5-3-2-4-6-7;1-5(2,3)4/h7-8H,2-6H2,1H3;(H2,1,2,3,4). The SMILES string of the molecule is CNC1CCCCC1.O=S(=O)(O)O. The monoisotopic (exact) mass is 211 g/mol. The zero-order valence-electron chi connectivity index (χ0n) is 7.73. The molecule has 3 N–H and O–H groups in total. The summed E-state index contributed by atoms with van der Waals surface area (Å²) < 4.78 is 31.6. The average Bonchev–Trinajstić information content (AvgIpc) is 2.03. The molecule has 1 fully saturated rings. The van der Waals surface area contributed by atoms with Gasteiger partial charge in [0, 0.05) is 6.04 Å². The molecule has 1 saturated carbocycles. The molecule has 0 spiro atoms. The van der Waals surface area contributed by atoms with Crippen LogP contribution in [0.4, 0.5) is 0 Å². The van der Waals surface area contributed by atoms with Crippen molar-refractivity contribution in [3.05, 3.63) is 0 Å². The maximum atomic E-state index is 8.74. The summed E-state index contributed by atoms with van der Waals surface area (Å²) in [7, 11) is -2.60. The first kappa shape index (κ1) is 12.8. The predicted octanol–water partition coefficient (Wildman–Crippen LogP) is 0.886. The Morgan fingerprint density at radius 1 is 1.15 bits per heavy atom. The second-order valence-electron chi connectivity index (χ2n) is 3.07. The molecule has 0 bridgehead atoms. The van der Waals surface area contributed by atoms with Crippen LogP contribution in [-0.2, 0) is 10.4 Å². The third-order valence-electron chi connectivity index (χ3n) is 2.01. The topological polar surface area (TPSA) is 86.6 Å². The van der Waals surface area contributed by atoms with Crippen molar-refractivity contribution in [2.24, 2.45) is 0 Å². The van der Waals surface area contributed by atoms with Gasteiger partial charge in [0.25, 0.3) is 0 Å². The number of hydrogen-bond acceptors (Lipinski definition) is 3. The van der Waals surface area contributed by atoms with Crippen molar-refractivity contribution in [2.75, 3.05) is 7.05 Å². The summed E-state index contributed by atoms with van der Waals surface area (Å²) in [5.41, 5.74) is 0. The highest BCUT2D eigenvalue weighted by Gasteiger charge is 2.09. The molecule has 0 heterocycles. The van der Waals surface area contributed by atoms with Crippen LogP contribution in [-0.4, -0.2) is 30.6 Å². The van der Waals surface area contributed by atoms with Gasteiger partial charge in [-0.1, -0.05) is 19.3 Å². The summed E-state index contributed by atoms with van der Waals surface area (Å²) in [6.45, 7) is 0. The van der Waals surface area contributed by atoms with Crippen LogP contribution < -0.4 is 5.32 Å². The van der Waals surface area contributed by atoms with Gasteiger partial charge in [0.05, 0.1) is 0 Å². The van der Waals surface area contributed by atoms with E-state index in [9.17, 15) is 0 Å². The molecule has 0 atom stereocenters. The van der Waals surface area contributed by atoms with Crippen LogP contribution >= 0.6 is 0 Å². The molecule has 0 unspecified atom stereocenters. The summed E-state index contributed by atoms with van der Waals surface area (Å²) in [6, 6.07) is 0.837. The van der Waals surface area contributed by atoms with E-state index in [0.29, 0.717) is 0 Å². The van der Waals surface area contributed by atoms with E-state index >= 15 is 0 Å². The third kappa shape index (κ3) is 11.8. The first-order chi connectivity index (χ1) is 5.93. The van der Waals surface area contributed by atoms with Crippen LogP contribution in [0.3, 0.4) is 0 Å². The Bertz CT molecular complexity index is 201. The molecule has 0 amide bonds. The molecular weight excluding hydrogens is 194 g/mol. The molecule has 0 aromatic rings. The second-order valence-corrected chi connectivity index (χ2v) is 3.97.